The van der Waals surface area contributed by atoms with Gasteiger partial charge in [0.15, 0.2) is 0 Å². The molecule has 10 nitrogen and oxygen atoms in total. The number of aromatic nitrogens is 2. The fourth-order valence-corrected chi connectivity index (χ4v) is 3.42. The quantitative estimate of drug-likeness (QED) is 0.620. The minimum absolute atomic E-state index is 0.0494. The van der Waals surface area contributed by atoms with Crippen LogP contribution >= 0.6 is 0 Å². The molecule has 1 spiro atoms. The topological polar surface area (TPSA) is 123 Å². The first kappa shape index (κ1) is 15.5. The van der Waals surface area contributed by atoms with Crippen molar-refractivity contribution in [3.8, 4) is 0 Å². The van der Waals surface area contributed by atoms with E-state index in [9.17, 15) is 14.9 Å². The normalized spacial score (nSPS) is 27.3. The average Bonchev–Trinajstić information content (AvgIpc) is 2.70. The molecule has 2 atom stereocenters. The van der Waals surface area contributed by atoms with Crippen LogP contribution in [-0.2, 0) is 11.8 Å². The summed E-state index contributed by atoms with van der Waals surface area (Å²) >= 11 is 0. The van der Waals surface area contributed by atoms with Crippen molar-refractivity contribution < 1.29 is 19.6 Å². The second-order valence-electron chi connectivity index (χ2n) is 6.08. The Kier molecular flexibility index (Phi) is 3.84. The molecule has 2 N–H and O–H groups in total. The number of anilines is 1. The highest BCUT2D eigenvalue weighted by molar-refractivity contribution is 5.65. The zero-order chi connectivity index (χ0) is 16.6. The highest BCUT2D eigenvalue weighted by Crippen LogP contribution is 2.38. The van der Waals surface area contributed by atoms with Crippen LogP contribution < -0.4 is 10.2 Å². The molecule has 0 saturated carbocycles. The summed E-state index contributed by atoms with van der Waals surface area (Å²) in [5, 5.41) is 26.7. The van der Waals surface area contributed by atoms with Gasteiger partial charge in [0.2, 0.25) is 5.82 Å². The van der Waals surface area contributed by atoms with Gasteiger partial charge in [-0.3, -0.25) is 10.1 Å². The first-order valence-corrected chi connectivity index (χ1v) is 7.45. The maximum Gasteiger partial charge on any atom is 0.404 e. The molecule has 2 aliphatic heterocycles. The number of hydrogen-bond donors (Lipinski definition) is 2. The summed E-state index contributed by atoms with van der Waals surface area (Å²) in [7, 11) is 1.66. The lowest BCUT2D eigenvalue weighted by molar-refractivity contribution is -0.384. The van der Waals surface area contributed by atoms with Crippen molar-refractivity contribution in [1.29, 1.82) is 0 Å². The zero-order valence-electron chi connectivity index (χ0n) is 12.8. The van der Waals surface area contributed by atoms with E-state index in [1.807, 2.05) is 4.90 Å². The van der Waals surface area contributed by atoms with Gasteiger partial charge in [0, 0.05) is 32.6 Å². The van der Waals surface area contributed by atoms with Crippen molar-refractivity contribution in [3.05, 3.63) is 16.3 Å². The number of hydrogen-bond acceptors (Lipinski definition) is 6. The van der Waals surface area contributed by atoms with Gasteiger partial charge in [0.25, 0.3) is 0 Å². The molecule has 1 unspecified atom stereocenters. The predicted molar refractivity (Wildman–Crippen MR) is 79.6 cm³/mol. The van der Waals surface area contributed by atoms with Crippen LogP contribution in [0, 0.1) is 10.1 Å². The van der Waals surface area contributed by atoms with Gasteiger partial charge >= 0.3 is 11.8 Å². The standard InChI is InChI=1S/C13H19N5O5/c1-16-11(10(7-14-16)18(21)22)17-4-2-9(15-12(19)20)6-13(8-17)3-5-23-13/h7,9,15H,2-6,8H2,1H3,(H,19,20)/t9-,13?/m0/s1. The molecular formula is C13H19N5O5. The van der Waals surface area contributed by atoms with Crippen molar-refractivity contribution in [2.45, 2.75) is 30.9 Å². The Hall–Kier alpha value is -2.36. The molecule has 3 heterocycles. The molecule has 0 aromatic carbocycles. The van der Waals surface area contributed by atoms with E-state index >= 15 is 0 Å². The number of nitrogens with one attached hydrogen (secondary N) is 1. The third-order valence-corrected chi connectivity index (χ3v) is 4.52. The maximum atomic E-state index is 11.2. The molecule has 0 aliphatic carbocycles. The lowest BCUT2D eigenvalue weighted by atomic mass is 9.87. The fraction of sp³-hybridized carbons (Fsp3) is 0.692. The van der Waals surface area contributed by atoms with E-state index in [-0.39, 0.29) is 11.7 Å². The van der Waals surface area contributed by atoms with Crippen molar-refractivity contribution in [2.75, 3.05) is 24.6 Å². The Morgan fingerprint density at radius 2 is 2.39 bits per heavy atom. The summed E-state index contributed by atoms with van der Waals surface area (Å²) in [6.45, 7) is 1.61. The smallest absolute Gasteiger partial charge is 0.404 e. The second kappa shape index (κ2) is 5.69. The van der Waals surface area contributed by atoms with E-state index in [1.54, 1.807) is 7.05 Å². The molecule has 2 saturated heterocycles. The van der Waals surface area contributed by atoms with E-state index < -0.39 is 16.6 Å². The zero-order valence-corrected chi connectivity index (χ0v) is 12.8. The SMILES string of the molecule is Cn1ncc([N+](=O)[O-])c1N1CC[C@H](NC(=O)O)CC2(CCO2)C1. The molecule has 1 amide bonds. The minimum Gasteiger partial charge on any atom is -0.465 e. The number of nitro groups is 1. The molecular weight excluding hydrogens is 306 g/mol. The molecule has 3 rings (SSSR count). The number of rotatable bonds is 3. The second-order valence-corrected chi connectivity index (χ2v) is 6.08. The summed E-state index contributed by atoms with van der Waals surface area (Å²) < 4.78 is 7.23. The van der Waals surface area contributed by atoms with Gasteiger partial charge in [-0.15, -0.1) is 0 Å². The Balaban J connectivity index is 1.88. The summed E-state index contributed by atoms with van der Waals surface area (Å²) in [5.41, 5.74) is -0.506. The number of carboxylic acid groups (broad SMARTS) is 1. The van der Waals surface area contributed by atoms with Crippen LogP contribution in [0.25, 0.3) is 0 Å². The van der Waals surface area contributed by atoms with Crippen LogP contribution in [0.3, 0.4) is 0 Å². The Labute approximate surface area is 132 Å². The molecule has 0 radical (unpaired) electrons. The first-order valence-electron chi connectivity index (χ1n) is 7.45. The van der Waals surface area contributed by atoms with Gasteiger partial charge in [-0.2, -0.15) is 5.10 Å². The number of ether oxygens (including phenoxy) is 1. The van der Waals surface area contributed by atoms with Gasteiger partial charge in [-0.05, 0) is 12.8 Å². The Bertz CT molecular complexity index is 626. The van der Waals surface area contributed by atoms with E-state index in [4.69, 9.17) is 9.84 Å². The number of nitrogens with zero attached hydrogens (tertiary/aromatic N) is 4. The summed E-state index contributed by atoms with van der Waals surface area (Å²) in [6.07, 6.45) is 2.11. The van der Waals surface area contributed by atoms with Crippen LogP contribution in [0.15, 0.2) is 6.20 Å². The lowest BCUT2D eigenvalue weighted by Gasteiger charge is -2.44. The maximum absolute atomic E-state index is 11.2. The van der Waals surface area contributed by atoms with Gasteiger partial charge in [0.1, 0.15) is 6.20 Å². The number of aryl methyl sites for hydroxylation is 1. The molecule has 23 heavy (non-hydrogen) atoms. The first-order chi connectivity index (χ1) is 10.9. The number of amides is 1. The van der Waals surface area contributed by atoms with E-state index in [1.165, 1.54) is 10.9 Å². The van der Waals surface area contributed by atoms with Crippen LogP contribution in [0.5, 0.6) is 0 Å². The van der Waals surface area contributed by atoms with Gasteiger partial charge in [-0.1, -0.05) is 0 Å². The highest BCUT2D eigenvalue weighted by Gasteiger charge is 2.45. The summed E-state index contributed by atoms with van der Waals surface area (Å²) in [4.78, 5) is 23.6. The van der Waals surface area contributed by atoms with Crippen LogP contribution in [-0.4, -0.2) is 57.2 Å². The predicted octanol–water partition coefficient (Wildman–Crippen LogP) is 0.724. The largest absolute Gasteiger partial charge is 0.465 e. The van der Waals surface area contributed by atoms with Crippen molar-refractivity contribution in [3.63, 3.8) is 0 Å². The van der Waals surface area contributed by atoms with Crippen molar-refractivity contribution in [1.82, 2.24) is 15.1 Å². The average molecular weight is 325 g/mol. The molecule has 1 aromatic rings. The van der Waals surface area contributed by atoms with Crippen LogP contribution in [0.1, 0.15) is 19.3 Å². The molecule has 1 aromatic heterocycles. The molecule has 2 aliphatic rings. The lowest BCUT2D eigenvalue weighted by Crippen LogP contribution is -2.54. The van der Waals surface area contributed by atoms with Crippen molar-refractivity contribution in [2.24, 2.45) is 7.05 Å². The Morgan fingerprint density at radius 1 is 1.65 bits per heavy atom. The van der Waals surface area contributed by atoms with Gasteiger partial charge in [-0.25, -0.2) is 9.48 Å². The van der Waals surface area contributed by atoms with Gasteiger partial charge < -0.3 is 20.1 Å². The van der Waals surface area contributed by atoms with E-state index in [0.29, 0.717) is 38.4 Å². The molecule has 10 heteroatoms. The summed E-state index contributed by atoms with van der Waals surface area (Å²) in [5.74, 6) is 0.431. The van der Waals surface area contributed by atoms with Crippen molar-refractivity contribution >= 4 is 17.6 Å². The highest BCUT2D eigenvalue weighted by atomic mass is 16.6. The Morgan fingerprint density at radius 3 is 2.96 bits per heavy atom. The van der Waals surface area contributed by atoms with E-state index in [0.717, 1.165) is 6.42 Å². The van der Waals surface area contributed by atoms with E-state index in [2.05, 4.69) is 10.4 Å². The molecule has 126 valence electrons. The monoisotopic (exact) mass is 325 g/mol. The molecule has 2 fully saturated rings. The minimum atomic E-state index is -1.07. The third-order valence-electron chi connectivity index (χ3n) is 4.52. The number of carbonyl (C=O) groups is 1. The van der Waals surface area contributed by atoms with Crippen LogP contribution in [0.4, 0.5) is 16.3 Å². The molecule has 0 bridgehead atoms. The fourth-order valence-electron chi connectivity index (χ4n) is 3.42. The van der Waals surface area contributed by atoms with Crippen LogP contribution in [0.2, 0.25) is 0 Å². The van der Waals surface area contributed by atoms with Gasteiger partial charge in [0.05, 0.1) is 17.1 Å². The third kappa shape index (κ3) is 2.93. The summed E-state index contributed by atoms with van der Waals surface area (Å²) in [6, 6.07) is -0.231.